The second-order valence-electron chi connectivity index (χ2n) is 4.24. The Bertz CT molecular complexity index is 777. The lowest BCUT2D eigenvalue weighted by molar-refractivity contribution is 1.07. The highest BCUT2D eigenvalue weighted by Gasteiger charge is 2.15. The first-order chi connectivity index (χ1) is 9.19. The number of hydrogen-bond donors (Lipinski definition) is 0. The monoisotopic (exact) mass is 287 g/mol. The fourth-order valence-corrected chi connectivity index (χ4v) is 3.05. The van der Waals surface area contributed by atoms with Crippen molar-refractivity contribution in [3.8, 4) is 17.3 Å². The summed E-state index contributed by atoms with van der Waals surface area (Å²) in [5, 5.41) is 9.71. The SMILES string of the molecule is Cc1cn2c(CC#N)c(-c3ccc(Cl)cc3)nc2s1. The first-order valence-electron chi connectivity index (χ1n) is 5.79. The second kappa shape index (κ2) is 4.69. The molecule has 0 fully saturated rings. The van der Waals surface area contributed by atoms with E-state index in [2.05, 4.69) is 11.1 Å². The number of aryl methyl sites for hydroxylation is 1. The number of rotatable bonds is 2. The fourth-order valence-electron chi connectivity index (χ4n) is 2.08. The van der Waals surface area contributed by atoms with Crippen LogP contribution in [0, 0.1) is 18.3 Å². The summed E-state index contributed by atoms with van der Waals surface area (Å²) in [7, 11) is 0. The molecule has 0 aliphatic rings. The van der Waals surface area contributed by atoms with Crippen LogP contribution < -0.4 is 0 Å². The summed E-state index contributed by atoms with van der Waals surface area (Å²) in [5.41, 5.74) is 2.79. The molecule has 0 aliphatic carbocycles. The fraction of sp³-hybridized carbons (Fsp3) is 0.143. The Morgan fingerprint density at radius 3 is 2.79 bits per heavy atom. The van der Waals surface area contributed by atoms with E-state index in [4.69, 9.17) is 16.9 Å². The quantitative estimate of drug-likeness (QED) is 0.712. The lowest BCUT2D eigenvalue weighted by Gasteiger charge is -2.00. The van der Waals surface area contributed by atoms with E-state index in [-0.39, 0.29) is 0 Å². The number of benzene rings is 1. The van der Waals surface area contributed by atoms with Gasteiger partial charge in [0.25, 0.3) is 0 Å². The molecule has 0 radical (unpaired) electrons. The Kier molecular flexibility index (Phi) is 3.02. The molecule has 0 aliphatic heterocycles. The molecule has 1 aromatic carbocycles. The van der Waals surface area contributed by atoms with Gasteiger partial charge in [0.15, 0.2) is 4.96 Å². The van der Waals surface area contributed by atoms with Gasteiger partial charge < -0.3 is 0 Å². The molecule has 19 heavy (non-hydrogen) atoms. The first kappa shape index (κ1) is 12.2. The summed E-state index contributed by atoms with van der Waals surface area (Å²) in [6.45, 7) is 2.04. The summed E-state index contributed by atoms with van der Waals surface area (Å²) in [6.07, 6.45) is 2.37. The molecule has 94 valence electrons. The van der Waals surface area contributed by atoms with Gasteiger partial charge in [0.05, 0.1) is 23.9 Å². The third kappa shape index (κ3) is 2.12. The van der Waals surface area contributed by atoms with Crippen molar-refractivity contribution < 1.29 is 0 Å². The Hall–Kier alpha value is -1.83. The molecule has 2 heterocycles. The van der Waals surface area contributed by atoms with Crippen molar-refractivity contribution in [3.05, 3.63) is 46.1 Å². The molecular weight excluding hydrogens is 278 g/mol. The van der Waals surface area contributed by atoms with Crippen molar-refractivity contribution in [2.45, 2.75) is 13.3 Å². The standard InChI is InChI=1S/C14H10ClN3S/c1-9-8-18-12(6-7-16)13(17-14(18)19-9)10-2-4-11(15)5-3-10/h2-5,8H,6H2,1H3. The molecular formula is C14H10ClN3S. The third-order valence-electron chi connectivity index (χ3n) is 2.91. The normalized spacial score (nSPS) is 10.8. The van der Waals surface area contributed by atoms with Crippen molar-refractivity contribution in [2.75, 3.05) is 0 Å². The van der Waals surface area contributed by atoms with E-state index in [1.165, 1.54) is 4.88 Å². The average Bonchev–Trinajstić information content (AvgIpc) is 2.89. The summed E-state index contributed by atoms with van der Waals surface area (Å²) < 4.78 is 2.01. The maximum absolute atomic E-state index is 9.01. The highest BCUT2D eigenvalue weighted by Crippen LogP contribution is 2.29. The van der Waals surface area contributed by atoms with Gasteiger partial charge in [0, 0.05) is 21.7 Å². The van der Waals surface area contributed by atoms with Crippen molar-refractivity contribution in [1.29, 1.82) is 5.26 Å². The molecule has 0 spiro atoms. The lowest BCUT2D eigenvalue weighted by Crippen LogP contribution is -1.91. The minimum Gasteiger partial charge on any atom is -0.293 e. The van der Waals surface area contributed by atoms with Gasteiger partial charge >= 0.3 is 0 Å². The smallest absolute Gasteiger partial charge is 0.194 e. The Morgan fingerprint density at radius 1 is 1.37 bits per heavy atom. The number of halogens is 1. The zero-order chi connectivity index (χ0) is 13.4. The predicted molar refractivity (Wildman–Crippen MR) is 77.6 cm³/mol. The molecule has 2 aromatic heterocycles. The summed E-state index contributed by atoms with van der Waals surface area (Å²) >= 11 is 7.53. The van der Waals surface area contributed by atoms with Crippen LogP contribution >= 0.6 is 22.9 Å². The van der Waals surface area contributed by atoms with E-state index < -0.39 is 0 Å². The van der Waals surface area contributed by atoms with Crippen molar-refractivity contribution >= 4 is 27.9 Å². The Morgan fingerprint density at radius 2 is 2.11 bits per heavy atom. The van der Waals surface area contributed by atoms with Crippen LogP contribution in [0.25, 0.3) is 16.2 Å². The van der Waals surface area contributed by atoms with E-state index in [0.717, 1.165) is 21.9 Å². The van der Waals surface area contributed by atoms with Crippen LogP contribution in [0.2, 0.25) is 5.02 Å². The highest BCUT2D eigenvalue weighted by atomic mass is 35.5. The minimum absolute atomic E-state index is 0.343. The van der Waals surface area contributed by atoms with Gasteiger partial charge in [-0.1, -0.05) is 23.7 Å². The van der Waals surface area contributed by atoms with Gasteiger partial charge in [-0.25, -0.2) is 4.98 Å². The second-order valence-corrected chi connectivity index (χ2v) is 5.89. The summed E-state index contributed by atoms with van der Waals surface area (Å²) in [4.78, 5) is 6.75. The minimum atomic E-state index is 0.343. The van der Waals surface area contributed by atoms with E-state index in [1.807, 2.05) is 41.8 Å². The molecule has 0 N–H and O–H groups in total. The maximum atomic E-state index is 9.01. The van der Waals surface area contributed by atoms with Crippen LogP contribution in [0.5, 0.6) is 0 Å². The molecule has 0 atom stereocenters. The first-order valence-corrected chi connectivity index (χ1v) is 6.99. The van der Waals surface area contributed by atoms with E-state index in [9.17, 15) is 0 Å². The van der Waals surface area contributed by atoms with Gasteiger partial charge in [-0.05, 0) is 19.1 Å². The molecule has 0 saturated carbocycles. The molecule has 0 bridgehead atoms. The largest absolute Gasteiger partial charge is 0.293 e. The van der Waals surface area contributed by atoms with Crippen LogP contribution in [-0.4, -0.2) is 9.38 Å². The molecule has 0 saturated heterocycles. The Labute approximate surface area is 119 Å². The van der Waals surface area contributed by atoms with Crippen molar-refractivity contribution in [2.24, 2.45) is 0 Å². The van der Waals surface area contributed by atoms with Gasteiger partial charge in [-0.2, -0.15) is 5.26 Å². The number of nitrogens with zero attached hydrogens (tertiary/aromatic N) is 3. The molecule has 3 rings (SSSR count). The maximum Gasteiger partial charge on any atom is 0.194 e. The number of fused-ring (bicyclic) bond motifs is 1. The number of imidazole rings is 1. The van der Waals surface area contributed by atoms with Gasteiger partial charge in [0.2, 0.25) is 0 Å². The zero-order valence-electron chi connectivity index (χ0n) is 10.2. The van der Waals surface area contributed by atoms with Crippen LogP contribution in [0.1, 0.15) is 10.6 Å². The van der Waals surface area contributed by atoms with Crippen LogP contribution in [0.15, 0.2) is 30.5 Å². The van der Waals surface area contributed by atoms with Gasteiger partial charge in [-0.15, -0.1) is 11.3 Å². The number of aromatic nitrogens is 2. The predicted octanol–water partition coefficient (Wildman–Crippen LogP) is 4.09. The highest BCUT2D eigenvalue weighted by molar-refractivity contribution is 7.17. The Balaban J connectivity index is 2.22. The number of thiazole rings is 1. The van der Waals surface area contributed by atoms with E-state index in [0.29, 0.717) is 11.4 Å². The molecule has 3 nitrogen and oxygen atoms in total. The zero-order valence-corrected chi connectivity index (χ0v) is 11.8. The van der Waals surface area contributed by atoms with Crippen molar-refractivity contribution in [3.63, 3.8) is 0 Å². The topological polar surface area (TPSA) is 41.1 Å². The van der Waals surface area contributed by atoms with Crippen LogP contribution in [0.4, 0.5) is 0 Å². The van der Waals surface area contributed by atoms with Gasteiger partial charge in [-0.3, -0.25) is 4.40 Å². The van der Waals surface area contributed by atoms with Gasteiger partial charge in [0.1, 0.15) is 0 Å². The molecule has 0 unspecified atom stereocenters. The summed E-state index contributed by atoms with van der Waals surface area (Å²) in [5.74, 6) is 0. The number of nitriles is 1. The van der Waals surface area contributed by atoms with Crippen LogP contribution in [0.3, 0.4) is 0 Å². The van der Waals surface area contributed by atoms with Crippen molar-refractivity contribution in [1.82, 2.24) is 9.38 Å². The third-order valence-corrected chi connectivity index (χ3v) is 4.05. The lowest BCUT2D eigenvalue weighted by atomic mass is 10.1. The molecule has 3 aromatic rings. The van der Waals surface area contributed by atoms with E-state index in [1.54, 1.807) is 11.3 Å². The van der Waals surface area contributed by atoms with Crippen LogP contribution in [-0.2, 0) is 6.42 Å². The molecule has 0 amide bonds. The number of hydrogen-bond acceptors (Lipinski definition) is 3. The molecule has 5 heteroatoms. The average molecular weight is 288 g/mol. The van der Waals surface area contributed by atoms with E-state index >= 15 is 0 Å². The summed E-state index contributed by atoms with van der Waals surface area (Å²) in [6, 6.07) is 9.75.